The van der Waals surface area contributed by atoms with E-state index in [4.69, 9.17) is 0 Å². The first kappa shape index (κ1) is 12.5. The van der Waals surface area contributed by atoms with Crippen LogP contribution in [0.1, 0.15) is 20.8 Å². The van der Waals surface area contributed by atoms with Gasteiger partial charge in [-0.1, -0.05) is 36.7 Å². The van der Waals surface area contributed by atoms with Gasteiger partial charge in [-0.15, -0.1) is 11.8 Å². The largest absolute Gasteiger partial charge is 0.284 e. The SMILES string of the molecule is CC(C)(C)Sc1ccc(Br)cc1[N+](=O)[O-]. The maximum Gasteiger partial charge on any atom is 0.284 e. The fraction of sp³-hybridized carbons (Fsp3) is 0.400. The number of halogens is 1. The van der Waals surface area contributed by atoms with Gasteiger partial charge in [0.05, 0.1) is 9.82 Å². The lowest BCUT2D eigenvalue weighted by atomic mass is 10.3. The fourth-order valence-electron chi connectivity index (χ4n) is 1.05. The van der Waals surface area contributed by atoms with Crippen LogP contribution in [0, 0.1) is 10.1 Å². The Kier molecular flexibility index (Phi) is 3.78. The van der Waals surface area contributed by atoms with Crippen LogP contribution in [-0.2, 0) is 0 Å². The van der Waals surface area contributed by atoms with Crippen LogP contribution in [-0.4, -0.2) is 9.67 Å². The van der Waals surface area contributed by atoms with Crippen LogP contribution in [0.15, 0.2) is 27.6 Å². The second-order valence-corrected chi connectivity index (χ2v) is 6.87. The van der Waals surface area contributed by atoms with Crippen molar-refractivity contribution in [3.05, 3.63) is 32.8 Å². The molecule has 0 amide bonds. The number of nitro benzene ring substituents is 1. The van der Waals surface area contributed by atoms with Crippen LogP contribution >= 0.6 is 27.7 Å². The predicted octanol–water partition coefficient (Wildman–Crippen LogP) is 4.25. The summed E-state index contributed by atoms with van der Waals surface area (Å²) in [6.45, 7) is 6.09. The van der Waals surface area contributed by atoms with E-state index in [-0.39, 0.29) is 15.4 Å². The molecule has 3 nitrogen and oxygen atoms in total. The molecule has 0 aliphatic rings. The van der Waals surface area contributed by atoms with E-state index < -0.39 is 0 Å². The van der Waals surface area contributed by atoms with Crippen molar-refractivity contribution in [3.8, 4) is 0 Å². The van der Waals surface area contributed by atoms with Crippen LogP contribution in [0.3, 0.4) is 0 Å². The molecule has 15 heavy (non-hydrogen) atoms. The van der Waals surface area contributed by atoms with E-state index in [1.165, 1.54) is 17.8 Å². The van der Waals surface area contributed by atoms with Gasteiger partial charge >= 0.3 is 0 Å². The quantitative estimate of drug-likeness (QED) is 0.464. The summed E-state index contributed by atoms with van der Waals surface area (Å²) in [5.74, 6) is 0. The van der Waals surface area contributed by atoms with Gasteiger partial charge in [0.25, 0.3) is 5.69 Å². The van der Waals surface area contributed by atoms with Gasteiger partial charge in [-0.3, -0.25) is 10.1 Å². The van der Waals surface area contributed by atoms with E-state index in [0.717, 1.165) is 4.47 Å². The first-order valence-electron chi connectivity index (χ1n) is 4.42. The molecular formula is C10H12BrNO2S. The Hall–Kier alpha value is -0.550. The molecule has 0 aromatic heterocycles. The smallest absolute Gasteiger partial charge is 0.258 e. The molecule has 0 spiro atoms. The second-order valence-electron chi connectivity index (χ2n) is 4.08. The van der Waals surface area contributed by atoms with Crippen LogP contribution in [0.2, 0.25) is 0 Å². The Morgan fingerprint density at radius 1 is 1.40 bits per heavy atom. The molecule has 0 N–H and O–H groups in total. The summed E-state index contributed by atoms with van der Waals surface area (Å²) in [4.78, 5) is 11.2. The highest BCUT2D eigenvalue weighted by Gasteiger charge is 2.20. The maximum absolute atomic E-state index is 10.8. The van der Waals surface area contributed by atoms with Crippen molar-refractivity contribution >= 4 is 33.4 Å². The van der Waals surface area contributed by atoms with Crippen LogP contribution in [0.25, 0.3) is 0 Å². The molecule has 1 aromatic carbocycles. The third-order valence-electron chi connectivity index (χ3n) is 1.53. The predicted molar refractivity (Wildman–Crippen MR) is 66.4 cm³/mol. The highest BCUT2D eigenvalue weighted by molar-refractivity contribution is 9.10. The molecule has 0 bridgehead atoms. The van der Waals surface area contributed by atoms with Crippen LogP contribution < -0.4 is 0 Å². The first-order valence-corrected chi connectivity index (χ1v) is 6.03. The van der Waals surface area contributed by atoms with Gasteiger partial charge in [0.1, 0.15) is 0 Å². The van der Waals surface area contributed by atoms with Crippen molar-refractivity contribution in [2.45, 2.75) is 30.4 Å². The zero-order valence-corrected chi connectivity index (χ0v) is 11.2. The molecule has 0 saturated carbocycles. The Morgan fingerprint density at radius 2 is 2.00 bits per heavy atom. The molecule has 5 heteroatoms. The summed E-state index contributed by atoms with van der Waals surface area (Å²) in [6.07, 6.45) is 0. The van der Waals surface area contributed by atoms with E-state index in [2.05, 4.69) is 15.9 Å². The molecule has 0 saturated heterocycles. The van der Waals surface area contributed by atoms with Gasteiger partial charge in [0, 0.05) is 15.3 Å². The van der Waals surface area contributed by atoms with Crippen molar-refractivity contribution in [2.75, 3.05) is 0 Å². The third kappa shape index (κ3) is 3.83. The number of rotatable bonds is 2. The number of nitro groups is 1. The third-order valence-corrected chi connectivity index (χ3v) is 3.20. The molecule has 1 rings (SSSR count). The number of hydrogen-bond acceptors (Lipinski definition) is 3. The molecule has 0 fully saturated rings. The van der Waals surface area contributed by atoms with Gasteiger partial charge in [-0.05, 0) is 12.1 Å². The lowest BCUT2D eigenvalue weighted by Crippen LogP contribution is -2.07. The summed E-state index contributed by atoms with van der Waals surface area (Å²) in [5.41, 5.74) is 0.157. The van der Waals surface area contributed by atoms with Gasteiger partial charge < -0.3 is 0 Å². The molecule has 0 radical (unpaired) electrons. The average Bonchev–Trinajstić information content (AvgIpc) is 2.05. The van der Waals surface area contributed by atoms with Gasteiger partial charge in [0.2, 0.25) is 0 Å². The van der Waals surface area contributed by atoms with Crippen molar-refractivity contribution < 1.29 is 4.92 Å². The Balaban J connectivity index is 3.12. The molecule has 0 aliphatic heterocycles. The summed E-state index contributed by atoms with van der Waals surface area (Å²) in [6, 6.07) is 5.13. The molecule has 0 heterocycles. The normalized spacial score (nSPS) is 11.5. The summed E-state index contributed by atoms with van der Waals surface area (Å²) >= 11 is 4.73. The second kappa shape index (κ2) is 4.53. The monoisotopic (exact) mass is 289 g/mol. The molecule has 1 aromatic rings. The summed E-state index contributed by atoms with van der Waals surface area (Å²) in [7, 11) is 0. The maximum atomic E-state index is 10.8. The Labute approximate surface area is 102 Å². The number of nitrogens with zero attached hydrogens (tertiary/aromatic N) is 1. The van der Waals surface area contributed by atoms with E-state index >= 15 is 0 Å². The highest BCUT2D eigenvalue weighted by atomic mass is 79.9. The molecule has 82 valence electrons. The minimum Gasteiger partial charge on any atom is -0.258 e. The molecule has 0 aliphatic carbocycles. The van der Waals surface area contributed by atoms with Crippen LogP contribution in [0.4, 0.5) is 5.69 Å². The number of hydrogen-bond donors (Lipinski definition) is 0. The van der Waals surface area contributed by atoms with Crippen molar-refractivity contribution in [2.24, 2.45) is 0 Å². The standard InChI is InChI=1S/C10H12BrNO2S/c1-10(2,3)15-9-5-4-7(11)6-8(9)12(13)14/h4-6H,1-3H3. The molecule has 0 atom stereocenters. The van der Waals surface area contributed by atoms with Gasteiger partial charge in [0.15, 0.2) is 0 Å². The van der Waals surface area contributed by atoms with E-state index in [0.29, 0.717) is 4.90 Å². The molecule has 0 unspecified atom stereocenters. The zero-order chi connectivity index (χ0) is 11.6. The Bertz CT molecular complexity index is 387. The number of benzene rings is 1. The van der Waals surface area contributed by atoms with Gasteiger partial charge in [-0.2, -0.15) is 0 Å². The first-order chi connectivity index (χ1) is 6.79. The van der Waals surface area contributed by atoms with Crippen LogP contribution in [0.5, 0.6) is 0 Å². The van der Waals surface area contributed by atoms with E-state index in [9.17, 15) is 10.1 Å². The minimum absolute atomic E-state index is 0.0292. The van der Waals surface area contributed by atoms with Crippen molar-refractivity contribution in [1.29, 1.82) is 0 Å². The van der Waals surface area contributed by atoms with Gasteiger partial charge in [-0.25, -0.2) is 0 Å². The Morgan fingerprint density at radius 3 is 2.47 bits per heavy atom. The van der Waals surface area contributed by atoms with E-state index in [1.807, 2.05) is 26.8 Å². The summed E-state index contributed by atoms with van der Waals surface area (Å²) < 4.78 is 0.700. The highest BCUT2D eigenvalue weighted by Crippen LogP contribution is 2.38. The zero-order valence-electron chi connectivity index (χ0n) is 8.78. The minimum atomic E-state index is -0.348. The topological polar surface area (TPSA) is 43.1 Å². The lowest BCUT2D eigenvalue weighted by Gasteiger charge is -2.17. The molecular weight excluding hydrogens is 278 g/mol. The average molecular weight is 290 g/mol. The van der Waals surface area contributed by atoms with Crippen molar-refractivity contribution in [1.82, 2.24) is 0 Å². The number of thioether (sulfide) groups is 1. The lowest BCUT2D eigenvalue weighted by molar-refractivity contribution is -0.387. The summed E-state index contributed by atoms with van der Waals surface area (Å²) in [5, 5.41) is 10.8. The van der Waals surface area contributed by atoms with E-state index in [1.54, 1.807) is 6.07 Å². The fourth-order valence-corrected chi connectivity index (χ4v) is 2.43. The van der Waals surface area contributed by atoms with Crippen molar-refractivity contribution in [3.63, 3.8) is 0 Å².